The second-order valence-electron chi connectivity index (χ2n) is 7.18. The molecule has 0 aliphatic heterocycles. The van der Waals surface area contributed by atoms with Gasteiger partial charge in [0.05, 0.1) is 27.4 Å². The number of hydrogen-bond donors (Lipinski definition) is 3. The van der Waals surface area contributed by atoms with E-state index in [9.17, 15) is 23.1 Å². The molecule has 8 heteroatoms. The van der Waals surface area contributed by atoms with E-state index < -0.39 is 21.9 Å². The zero-order chi connectivity index (χ0) is 22.8. The lowest BCUT2D eigenvalue weighted by Gasteiger charge is -2.16. The molecule has 0 bridgehead atoms. The zero-order valence-corrected chi connectivity index (χ0v) is 18.1. The van der Waals surface area contributed by atoms with Crippen LogP contribution in [0.4, 0.5) is 11.4 Å². The minimum absolute atomic E-state index is 0.0636. The summed E-state index contributed by atoms with van der Waals surface area (Å²) in [5.41, 5.74) is 2.35. The van der Waals surface area contributed by atoms with Crippen molar-refractivity contribution in [3.05, 3.63) is 88.5 Å². The number of benzene rings is 3. The van der Waals surface area contributed by atoms with Gasteiger partial charge in [-0.2, -0.15) is 0 Å². The molecule has 7 nitrogen and oxygen atoms in total. The van der Waals surface area contributed by atoms with E-state index in [1.165, 1.54) is 24.3 Å². The molecule has 0 saturated heterocycles. The van der Waals surface area contributed by atoms with Crippen LogP contribution >= 0.6 is 0 Å². The van der Waals surface area contributed by atoms with Crippen LogP contribution in [0.3, 0.4) is 0 Å². The molecule has 0 heterocycles. The minimum atomic E-state index is -3.97. The van der Waals surface area contributed by atoms with Crippen LogP contribution in [-0.4, -0.2) is 25.4 Å². The quantitative estimate of drug-likeness (QED) is 0.529. The molecule has 0 spiro atoms. The largest absolute Gasteiger partial charge is 0.478 e. The Hall–Kier alpha value is -3.65. The second kappa shape index (κ2) is 8.61. The standard InChI is InChI=1S/C23H22N2O5S/c1-14-12-15(2)21(16(3)13-14)31(29,30)25-20-11-7-4-8-17(20)22(26)24-19-10-6-5-9-18(19)23(27)28/h4-13,25H,1-3H3,(H,24,26)(H,27,28). The molecule has 3 aromatic rings. The molecule has 3 aromatic carbocycles. The SMILES string of the molecule is Cc1cc(C)c(S(=O)(=O)Nc2ccccc2C(=O)Nc2ccccc2C(=O)O)c(C)c1. The van der Waals surface area contributed by atoms with Gasteiger partial charge in [0.15, 0.2) is 0 Å². The van der Waals surface area contributed by atoms with Crippen molar-refractivity contribution in [2.24, 2.45) is 0 Å². The molecule has 0 aliphatic carbocycles. The third-order valence-electron chi connectivity index (χ3n) is 4.70. The Labute approximate surface area is 180 Å². The molecule has 0 saturated carbocycles. The van der Waals surface area contributed by atoms with Crippen LogP contribution in [0.2, 0.25) is 0 Å². The summed E-state index contributed by atoms with van der Waals surface area (Å²) < 4.78 is 28.7. The van der Waals surface area contributed by atoms with Crippen LogP contribution < -0.4 is 10.0 Å². The summed E-state index contributed by atoms with van der Waals surface area (Å²) in [7, 11) is -3.97. The first-order valence-corrected chi connectivity index (χ1v) is 10.9. The molecular formula is C23H22N2O5S. The first kappa shape index (κ1) is 22.0. The third kappa shape index (κ3) is 4.75. The highest BCUT2D eigenvalue weighted by atomic mass is 32.2. The predicted octanol–water partition coefficient (Wildman–Crippen LogP) is 4.36. The number of aryl methyl sites for hydroxylation is 3. The lowest BCUT2D eigenvalue weighted by atomic mass is 10.1. The fraction of sp³-hybridized carbons (Fsp3) is 0.130. The van der Waals surface area contributed by atoms with Crippen LogP contribution in [0.5, 0.6) is 0 Å². The van der Waals surface area contributed by atoms with Gasteiger partial charge >= 0.3 is 5.97 Å². The molecule has 31 heavy (non-hydrogen) atoms. The summed E-state index contributed by atoms with van der Waals surface area (Å²) in [6.07, 6.45) is 0. The lowest BCUT2D eigenvalue weighted by Crippen LogP contribution is -2.20. The number of carboxylic acids is 1. The number of aromatic carboxylic acids is 1. The maximum absolute atomic E-state index is 13.1. The third-order valence-corrected chi connectivity index (χ3v) is 6.37. The topological polar surface area (TPSA) is 113 Å². The number of carbonyl (C=O) groups is 2. The number of carboxylic acid groups (broad SMARTS) is 1. The molecule has 0 atom stereocenters. The van der Waals surface area contributed by atoms with E-state index in [2.05, 4.69) is 10.0 Å². The summed E-state index contributed by atoms with van der Waals surface area (Å²) in [5, 5.41) is 11.9. The number of nitrogens with one attached hydrogen (secondary N) is 2. The number of sulfonamides is 1. The first-order valence-electron chi connectivity index (χ1n) is 9.43. The van der Waals surface area contributed by atoms with E-state index in [0.717, 1.165) is 5.56 Å². The normalized spacial score (nSPS) is 11.1. The Kier molecular flexibility index (Phi) is 6.12. The number of amides is 1. The van der Waals surface area contributed by atoms with Crippen LogP contribution in [0, 0.1) is 20.8 Å². The van der Waals surface area contributed by atoms with Crippen molar-refractivity contribution < 1.29 is 23.1 Å². The maximum Gasteiger partial charge on any atom is 0.337 e. The number of rotatable bonds is 6. The molecule has 3 N–H and O–H groups in total. The number of anilines is 2. The summed E-state index contributed by atoms with van der Waals surface area (Å²) in [6, 6.07) is 15.7. The van der Waals surface area contributed by atoms with E-state index in [-0.39, 0.29) is 27.4 Å². The monoisotopic (exact) mass is 438 g/mol. The smallest absolute Gasteiger partial charge is 0.337 e. The van der Waals surface area contributed by atoms with Gasteiger partial charge in [-0.15, -0.1) is 0 Å². The van der Waals surface area contributed by atoms with Gasteiger partial charge in [0, 0.05) is 0 Å². The molecule has 160 valence electrons. The Morgan fingerprint density at radius 2 is 1.32 bits per heavy atom. The number of hydrogen-bond acceptors (Lipinski definition) is 4. The Morgan fingerprint density at radius 3 is 1.90 bits per heavy atom. The maximum atomic E-state index is 13.1. The fourth-order valence-corrected chi connectivity index (χ4v) is 5.06. The van der Waals surface area contributed by atoms with Crippen LogP contribution in [0.15, 0.2) is 65.6 Å². The molecule has 3 rings (SSSR count). The number of para-hydroxylation sites is 2. The lowest BCUT2D eigenvalue weighted by molar-refractivity contribution is 0.0698. The van der Waals surface area contributed by atoms with Gasteiger partial charge < -0.3 is 10.4 Å². The molecule has 0 radical (unpaired) electrons. The highest BCUT2D eigenvalue weighted by Gasteiger charge is 2.23. The Bertz CT molecular complexity index is 1260. The van der Waals surface area contributed by atoms with Crippen LogP contribution in [0.1, 0.15) is 37.4 Å². The first-order chi connectivity index (χ1) is 14.6. The Morgan fingerprint density at radius 1 is 0.806 bits per heavy atom. The summed E-state index contributed by atoms with van der Waals surface area (Å²) in [4.78, 5) is 24.4. The summed E-state index contributed by atoms with van der Waals surface area (Å²) in [5.74, 6) is -1.82. The van der Waals surface area contributed by atoms with Crippen molar-refractivity contribution in [1.29, 1.82) is 0 Å². The van der Waals surface area contributed by atoms with Gasteiger partial charge in [-0.1, -0.05) is 42.0 Å². The van der Waals surface area contributed by atoms with Gasteiger partial charge in [0.25, 0.3) is 15.9 Å². The van der Waals surface area contributed by atoms with Crippen molar-refractivity contribution in [2.45, 2.75) is 25.7 Å². The zero-order valence-electron chi connectivity index (χ0n) is 17.3. The van der Waals surface area contributed by atoms with Crippen molar-refractivity contribution in [2.75, 3.05) is 10.0 Å². The van der Waals surface area contributed by atoms with Gasteiger partial charge in [0.2, 0.25) is 0 Å². The summed E-state index contributed by atoms with van der Waals surface area (Å²) in [6.45, 7) is 5.32. The van der Waals surface area contributed by atoms with Gasteiger partial charge in [-0.3, -0.25) is 9.52 Å². The van der Waals surface area contributed by atoms with Crippen LogP contribution in [0.25, 0.3) is 0 Å². The van der Waals surface area contributed by atoms with Gasteiger partial charge in [0.1, 0.15) is 0 Å². The van der Waals surface area contributed by atoms with Crippen molar-refractivity contribution >= 4 is 33.3 Å². The second-order valence-corrected chi connectivity index (χ2v) is 8.80. The van der Waals surface area contributed by atoms with E-state index in [4.69, 9.17) is 0 Å². The Balaban J connectivity index is 1.96. The highest BCUT2D eigenvalue weighted by molar-refractivity contribution is 7.92. The van der Waals surface area contributed by atoms with E-state index in [1.54, 1.807) is 50.2 Å². The highest BCUT2D eigenvalue weighted by Crippen LogP contribution is 2.26. The molecule has 0 aliphatic rings. The average molecular weight is 439 g/mol. The minimum Gasteiger partial charge on any atom is -0.478 e. The van der Waals surface area contributed by atoms with Crippen molar-refractivity contribution in [3.8, 4) is 0 Å². The fourth-order valence-electron chi connectivity index (χ4n) is 3.52. The molecular weight excluding hydrogens is 416 g/mol. The van der Waals surface area contributed by atoms with Crippen molar-refractivity contribution in [3.63, 3.8) is 0 Å². The summed E-state index contributed by atoms with van der Waals surface area (Å²) >= 11 is 0. The van der Waals surface area contributed by atoms with Gasteiger partial charge in [-0.05, 0) is 56.2 Å². The van der Waals surface area contributed by atoms with E-state index >= 15 is 0 Å². The molecule has 0 unspecified atom stereocenters. The predicted molar refractivity (Wildman–Crippen MR) is 119 cm³/mol. The molecule has 0 aromatic heterocycles. The van der Waals surface area contributed by atoms with E-state index in [0.29, 0.717) is 11.1 Å². The molecule has 1 amide bonds. The number of carbonyl (C=O) groups excluding carboxylic acids is 1. The van der Waals surface area contributed by atoms with Gasteiger partial charge in [-0.25, -0.2) is 13.2 Å². The van der Waals surface area contributed by atoms with E-state index in [1.807, 2.05) is 6.92 Å². The van der Waals surface area contributed by atoms with Crippen LogP contribution in [-0.2, 0) is 10.0 Å². The van der Waals surface area contributed by atoms with Crippen molar-refractivity contribution in [1.82, 2.24) is 0 Å². The molecule has 0 fully saturated rings. The average Bonchev–Trinajstić information content (AvgIpc) is 2.67.